The molecule has 2 rings (SSSR count). The van der Waals surface area contributed by atoms with Crippen molar-refractivity contribution in [2.75, 3.05) is 18.1 Å². The van der Waals surface area contributed by atoms with Crippen molar-refractivity contribution in [2.45, 2.75) is 32.7 Å². The maximum atomic E-state index is 11.7. The number of carbonyl (C=O) groups is 1. The first-order valence-electron chi connectivity index (χ1n) is 6.69. The summed E-state index contributed by atoms with van der Waals surface area (Å²) in [5.74, 6) is -0.302. The van der Waals surface area contributed by atoms with Gasteiger partial charge in [0.1, 0.15) is 6.54 Å². The Morgan fingerprint density at radius 1 is 1.45 bits per heavy atom. The Morgan fingerprint density at radius 2 is 2.15 bits per heavy atom. The van der Waals surface area contributed by atoms with Gasteiger partial charge in [-0.05, 0) is 38.3 Å². The number of nitrogens with zero attached hydrogens (tertiary/aromatic N) is 2. The van der Waals surface area contributed by atoms with E-state index in [9.17, 15) is 14.9 Å². The number of aryl methyl sites for hydroxylation is 1. The zero-order valence-electron chi connectivity index (χ0n) is 11.7. The number of nitro benzene ring substituents is 1. The van der Waals surface area contributed by atoms with E-state index in [1.807, 2.05) is 17.9 Å². The first-order valence-corrected chi connectivity index (χ1v) is 6.69. The Bertz CT molecular complexity index is 526. The predicted octanol–water partition coefficient (Wildman–Crippen LogP) is 2.44. The van der Waals surface area contributed by atoms with E-state index in [4.69, 9.17) is 4.74 Å². The molecule has 0 N–H and O–H groups in total. The van der Waals surface area contributed by atoms with Crippen LogP contribution in [0.25, 0.3) is 0 Å². The lowest BCUT2D eigenvalue weighted by Crippen LogP contribution is -2.33. The molecule has 0 saturated heterocycles. The Morgan fingerprint density at radius 3 is 2.70 bits per heavy atom. The topological polar surface area (TPSA) is 72.7 Å². The first kappa shape index (κ1) is 14.3. The molecule has 6 nitrogen and oxygen atoms in total. The number of benzene rings is 1. The summed E-state index contributed by atoms with van der Waals surface area (Å²) in [5, 5.41) is 10.9. The normalized spacial score (nSPS) is 13.9. The molecule has 0 atom stereocenters. The number of anilines is 1. The molecule has 20 heavy (non-hydrogen) atoms. The smallest absolute Gasteiger partial charge is 0.325 e. The molecule has 0 radical (unpaired) electrons. The summed E-state index contributed by atoms with van der Waals surface area (Å²) in [6, 6.07) is 5.19. The highest BCUT2D eigenvalue weighted by Crippen LogP contribution is 2.33. The number of nitro groups is 1. The van der Waals surface area contributed by atoms with Crippen LogP contribution >= 0.6 is 0 Å². The van der Waals surface area contributed by atoms with Crippen molar-refractivity contribution >= 4 is 17.3 Å². The van der Waals surface area contributed by atoms with Crippen molar-refractivity contribution in [3.63, 3.8) is 0 Å². The standard InChI is InChI=1S/C14H18N2O4/c1-3-20-14(17)9-15(11-4-5-11)12-6-10(2)7-13(8-12)16(18)19/h6-8,11H,3-5,9H2,1-2H3. The molecule has 1 fully saturated rings. The highest BCUT2D eigenvalue weighted by molar-refractivity contribution is 5.76. The van der Waals surface area contributed by atoms with Gasteiger partial charge in [0.15, 0.2) is 0 Å². The van der Waals surface area contributed by atoms with E-state index >= 15 is 0 Å². The molecule has 0 unspecified atom stereocenters. The number of non-ortho nitro benzene ring substituents is 1. The minimum Gasteiger partial charge on any atom is -0.465 e. The van der Waals surface area contributed by atoms with Gasteiger partial charge in [0.05, 0.1) is 11.5 Å². The second-order valence-corrected chi connectivity index (χ2v) is 4.95. The van der Waals surface area contributed by atoms with E-state index < -0.39 is 4.92 Å². The Hall–Kier alpha value is -2.11. The fraction of sp³-hybridized carbons (Fsp3) is 0.500. The lowest BCUT2D eigenvalue weighted by atomic mass is 10.1. The van der Waals surface area contributed by atoms with Crippen LogP contribution < -0.4 is 4.90 Å². The number of hydrogen-bond acceptors (Lipinski definition) is 5. The van der Waals surface area contributed by atoms with Gasteiger partial charge in [0, 0.05) is 23.9 Å². The molecule has 0 amide bonds. The SMILES string of the molecule is CCOC(=O)CN(c1cc(C)cc([N+](=O)[O-])c1)C1CC1. The van der Waals surface area contributed by atoms with Gasteiger partial charge < -0.3 is 9.64 Å². The summed E-state index contributed by atoms with van der Waals surface area (Å²) in [6.07, 6.45) is 2.00. The number of ether oxygens (including phenoxy) is 1. The van der Waals surface area contributed by atoms with Crippen LogP contribution in [0.4, 0.5) is 11.4 Å². The van der Waals surface area contributed by atoms with E-state index in [1.165, 1.54) is 12.1 Å². The number of hydrogen-bond donors (Lipinski definition) is 0. The van der Waals surface area contributed by atoms with E-state index in [2.05, 4.69) is 0 Å². The molecule has 0 bridgehead atoms. The van der Waals surface area contributed by atoms with Gasteiger partial charge in [-0.2, -0.15) is 0 Å². The minimum atomic E-state index is -0.411. The van der Waals surface area contributed by atoms with Crippen LogP contribution in [0.3, 0.4) is 0 Å². The molecule has 6 heteroatoms. The van der Waals surface area contributed by atoms with Gasteiger partial charge in [0.25, 0.3) is 5.69 Å². The van der Waals surface area contributed by atoms with Crippen LogP contribution in [-0.4, -0.2) is 30.1 Å². The summed E-state index contributed by atoms with van der Waals surface area (Å²) in [5.41, 5.74) is 1.57. The maximum absolute atomic E-state index is 11.7. The molecule has 1 aromatic carbocycles. The molecule has 108 valence electrons. The zero-order valence-corrected chi connectivity index (χ0v) is 11.7. The molecule has 1 aliphatic rings. The second kappa shape index (κ2) is 5.90. The van der Waals surface area contributed by atoms with E-state index in [0.29, 0.717) is 12.3 Å². The summed E-state index contributed by atoms with van der Waals surface area (Å²) < 4.78 is 4.97. The van der Waals surface area contributed by atoms with Crippen LogP contribution in [0, 0.1) is 17.0 Å². The third kappa shape index (κ3) is 3.46. The van der Waals surface area contributed by atoms with E-state index in [-0.39, 0.29) is 24.2 Å². The van der Waals surface area contributed by atoms with Gasteiger partial charge in [-0.15, -0.1) is 0 Å². The van der Waals surface area contributed by atoms with Gasteiger partial charge in [-0.3, -0.25) is 14.9 Å². The average Bonchev–Trinajstić information content (AvgIpc) is 3.19. The fourth-order valence-corrected chi connectivity index (χ4v) is 2.18. The van der Waals surface area contributed by atoms with Crippen LogP contribution in [0.1, 0.15) is 25.3 Å². The molecule has 0 aromatic heterocycles. The lowest BCUT2D eigenvalue weighted by Gasteiger charge is -2.23. The molecule has 1 aromatic rings. The molecular weight excluding hydrogens is 260 g/mol. The third-order valence-electron chi connectivity index (χ3n) is 3.18. The van der Waals surface area contributed by atoms with E-state index in [0.717, 1.165) is 18.4 Å². The number of esters is 1. The molecule has 0 heterocycles. The van der Waals surface area contributed by atoms with Crippen molar-refractivity contribution in [1.82, 2.24) is 0 Å². The van der Waals surface area contributed by atoms with Gasteiger partial charge in [-0.25, -0.2) is 0 Å². The molecule has 0 spiro atoms. The Kier molecular flexibility index (Phi) is 4.22. The van der Waals surface area contributed by atoms with Gasteiger partial charge >= 0.3 is 5.97 Å². The van der Waals surface area contributed by atoms with Crippen molar-refractivity contribution in [3.8, 4) is 0 Å². The average molecular weight is 278 g/mol. The molecule has 0 aliphatic heterocycles. The van der Waals surface area contributed by atoms with E-state index in [1.54, 1.807) is 6.92 Å². The van der Waals surface area contributed by atoms with Crippen LogP contribution in [-0.2, 0) is 9.53 Å². The second-order valence-electron chi connectivity index (χ2n) is 4.95. The Balaban J connectivity index is 2.25. The highest BCUT2D eigenvalue weighted by Gasteiger charge is 2.31. The third-order valence-corrected chi connectivity index (χ3v) is 3.18. The molecule has 1 saturated carbocycles. The lowest BCUT2D eigenvalue weighted by molar-refractivity contribution is -0.384. The fourth-order valence-electron chi connectivity index (χ4n) is 2.18. The van der Waals surface area contributed by atoms with Crippen LogP contribution in [0.15, 0.2) is 18.2 Å². The summed E-state index contributed by atoms with van der Waals surface area (Å²) >= 11 is 0. The van der Waals surface area contributed by atoms with Crippen LogP contribution in [0.2, 0.25) is 0 Å². The van der Waals surface area contributed by atoms with Crippen LogP contribution in [0.5, 0.6) is 0 Å². The predicted molar refractivity (Wildman–Crippen MR) is 74.8 cm³/mol. The summed E-state index contributed by atoms with van der Waals surface area (Å²) in [4.78, 5) is 24.1. The number of rotatable bonds is 6. The van der Waals surface area contributed by atoms with Crippen molar-refractivity contribution in [2.24, 2.45) is 0 Å². The highest BCUT2D eigenvalue weighted by atomic mass is 16.6. The maximum Gasteiger partial charge on any atom is 0.325 e. The van der Waals surface area contributed by atoms with Gasteiger partial charge in [0.2, 0.25) is 0 Å². The monoisotopic (exact) mass is 278 g/mol. The molecular formula is C14H18N2O4. The summed E-state index contributed by atoms with van der Waals surface area (Å²) in [6.45, 7) is 4.05. The Labute approximate surface area is 117 Å². The summed E-state index contributed by atoms with van der Waals surface area (Å²) in [7, 11) is 0. The van der Waals surface area contributed by atoms with Gasteiger partial charge in [-0.1, -0.05) is 0 Å². The first-order chi connectivity index (χ1) is 9.51. The zero-order chi connectivity index (χ0) is 14.7. The minimum absolute atomic E-state index is 0.0505. The quantitative estimate of drug-likeness (QED) is 0.454. The largest absolute Gasteiger partial charge is 0.465 e. The van der Waals surface area contributed by atoms with Crippen molar-refractivity contribution in [3.05, 3.63) is 33.9 Å². The number of carbonyl (C=O) groups excluding carboxylic acids is 1. The van der Waals surface area contributed by atoms with Crippen molar-refractivity contribution < 1.29 is 14.5 Å². The molecule has 1 aliphatic carbocycles. The van der Waals surface area contributed by atoms with Crippen molar-refractivity contribution in [1.29, 1.82) is 0 Å².